The second-order valence-electron chi connectivity index (χ2n) is 1.35. The van der Waals surface area contributed by atoms with Crippen LogP contribution in [0.5, 0.6) is 0 Å². The van der Waals surface area contributed by atoms with Gasteiger partial charge in [0.15, 0.2) is 5.82 Å². The summed E-state index contributed by atoms with van der Waals surface area (Å²) in [6, 6.07) is 0. The summed E-state index contributed by atoms with van der Waals surface area (Å²) in [7, 11) is 0. The molecule has 0 fully saturated rings. The maximum Gasteiger partial charge on any atom is 0.207 e. The van der Waals surface area contributed by atoms with E-state index < -0.39 is 0 Å². The van der Waals surface area contributed by atoms with Crippen molar-refractivity contribution in [1.29, 1.82) is 0 Å². The average molecular weight is 143 g/mol. The van der Waals surface area contributed by atoms with Gasteiger partial charge < -0.3 is 5.32 Å². The van der Waals surface area contributed by atoms with Crippen LogP contribution in [-0.2, 0) is 11.3 Å². The minimum absolute atomic E-state index is 0.424. The number of aromatic nitrogens is 2. The van der Waals surface area contributed by atoms with E-state index in [2.05, 4.69) is 14.7 Å². The molecule has 1 heterocycles. The normalized spacial score (nSPS) is 8.89. The zero-order valence-corrected chi connectivity index (χ0v) is 5.39. The SMILES string of the molecule is O=CNCc1ncsn1. The first-order chi connectivity index (χ1) is 4.43. The predicted molar refractivity (Wildman–Crippen MR) is 32.8 cm³/mol. The number of carbonyl (C=O) groups is 1. The molecule has 0 atom stereocenters. The van der Waals surface area contributed by atoms with Crippen LogP contribution in [0.4, 0.5) is 0 Å². The van der Waals surface area contributed by atoms with E-state index >= 15 is 0 Å². The molecule has 0 saturated carbocycles. The quantitative estimate of drug-likeness (QED) is 0.595. The molecule has 1 amide bonds. The summed E-state index contributed by atoms with van der Waals surface area (Å²) in [5.74, 6) is 0.659. The van der Waals surface area contributed by atoms with Gasteiger partial charge in [-0.1, -0.05) is 0 Å². The first kappa shape index (κ1) is 6.15. The third-order valence-electron chi connectivity index (χ3n) is 0.750. The van der Waals surface area contributed by atoms with E-state index in [4.69, 9.17) is 0 Å². The molecule has 1 aromatic heterocycles. The molecule has 5 heteroatoms. The third kappa shape index (κ3) is 1.77. The molecule has 1 rings (SSSR count). The van der Waals surface area contributed by atoms with E-state index in [9.17, 15) is 4.79 Å². The van der Waals surface area contributed by atoms with Gasteiger partial charge in [-0.25, -0.2) is 4.98 Å². The van der Waals surface area contributed by atoms with Crippen LogP contribution in [0.2, 0.25) is 0 Å². The number of rotatable bonds is 3. The van der Waals surface area contributed by atoms with Crippen molar-refractivity contribution in [2.45, 2.75) is 6.54 Å². The standard InChI is InChI=1S/C4H5N3OS/c8-2-5-1-4-6-3-9-7-4/h2-3H,1H2,(H,5,8). The second kappa shape index (κ2) is 3.13. The molecule has 0 aliphatic carbocycles. The molecule has 0 aliphatic heterocycles. The summed E-state index contributed by atoms with van der Waals surface area (Å²) in [6.07, 6.45) is 0.626. The van der Waals surface area contributed by atoms with Crippen LogP contribution in [0.15, 0.2) is 5.51 Å². The highest BCUT2D eigenvalue weighted by Crippen LogP contribution is 1.91. The van der Waals surface area contributed by atoms with Gasteiger partial charge in [-0.2, -0.15) is 4.37 Å². The lowest BCUT2D eigenvalue weighted by atomic mass is 10.6. The molecule has 0 saturated heterocycles. The van der Waals surface area contributed by atoms with Crippen molar-refractivity contribution < 1.29 is 4.79 Å². The fourth-order valence-corrected chi connectivity index (χ4v) is 0.853. The topological polar surface area (TPSA) is 54.9 Å². The van der Waals surface area contributed by atoms with Crippen molar-refractivity contribution in [3.63, 3.8) is 0 Å². The molecule has 4 nitrogen and oxygen atoms in total. The summed E-state index contributed by atoms with van der Waals surface area (Å²) < 4.78 is 3.86. The Bertz CT molecular complexity index is 174. The zero-order chi connectivity index (χ0) is 6.53. The van der Waals surface area contributed by atoms with Crippen LogP contribution in [0.25, 0.3) is 0 Å². The lowest BCUT2D eigenvalue weighted by Gasteiger charge is -1.87. The molecule has 48 valence electrons. The average Bonchev–Trinajstić information content (AvgIpc) is 2.34. The maximum absolute atomic E-state index is 9.74. The van der Waals surface area contributed by atoms with Gasteiger partial charge in [-0.15, -0.1) is 0 Å². The van der Waals surface area contributed by atoms with Crippen LogP contribution < -0.4 is 5.32 Å². The molecule has 1 N–H and O–H groups in total. The Morgan fingerprint density at radius 1 is 1.89 bits per heavy atom. The smallest absolute Gasteiger partial charge is 0.207 e. The molecule has 0 bridgehead atoms. The summed E-state index contributed by atoms with van der Waals surface area (Å²) in [5, 5.41) is 2.45. The fourth-order valence-electron chi connectivity index (χ4n) is 0.403. The zero-order valence-electron chi connectivity index (χ0n) is 4.57. The Labute approximate surface area is 56.1 Å². The van der Waals surface area contributed by atoms with Crippen molar-refractivity contribution in [3.05, 3.63) is 11.3 Å². The predicted octanol–water partition coefficient (Wildman–Crippen LogP) is -0.216. The Morgan fingerprint density at radius 2 is 2.78 bits per heavy atom. The first-order valence-corrected chi connectivity index (χ1v) is 3.19. The van der Waals surface area contributed by atoms with Crippen molar-refractivity contribution in [3.8, 4) is 0 Å². The van der Waals surface area contributed by atoms with E-state index in [1.165, 1.54) is 11.5 Å². The summed E-state index contributed by atoms with van der Waals surface area (Å²) >= 11 is 1.27. The van der Waals surface area contributed by atoms with Gasteiger partial charge in [0, 0.05) is 0 Å². The van der Waals surface area contributed by atoms with Gasteiger partial charge in [0.1, 0.15) is 5.51 Å². The number of carbonyl (C=O) groups excluding carboxylic acids is 1. The lowest BCUT2D eigenvalue weighted by Crippen LogP contribution is -2.10. The highest BCUT2D eigenvalue weighted by Gasteiger charge is 1.91. The molecule has 0 aliphatic rings. The Morgan fingerprint density at radius 3 is 3.33 bits per heavy atom. The molecule has 0 radical (unpaired) electrons. The number of nitrogens with zero attached hydrogens (tertiary/aromatic N) is 2. The van der Waals surface area contributed by atoms with Crippen LogP contribution in [0.1, 0.15) is 5.82 Å². The number of hydrogen-bond donors (Lipinski definition) is 1. The van der Waals surface area contributed by atoms with E-state index in [0.717, 1.165) is 0 Å². The Kier molecular flexibility index (Phi) is 2.14. The monoisotopic (exact) mass is 143 g/mol. The van der Waals surface area contributed by atoms with Crippen LogP contribution >= 0.6 is 11.5 Å². The molecule has 0 unspecified atom stereocenters. The van der Waals surface area contributed by atoms with Gasteiger partial charge in [-0.3, -0.25) is 4.79 Å². The number of hydrogen-bond acceptors (Lipinski definition) is 4. The second-order valence-corrected chi connectivity index (χ2v) is 1.95. The van der Waals surface area contributed by atoms with Gasteiger partial charge in [0.25, 0.3) is 0 Å². The summed E-state index contributed by atoms with van der Waals surface area (Å²) in [6.45, 7) is 0.424. The fraction of sp³-hybridized carbons (Fsp3) is 0.250. The van der Waals surface area contributed by atoms with E-state index in [1.54, 1.807) is 5.51 Å². The van der Waals surface area contributed by atoms with E-state index in [-0.39, 0.29) is 0 Å². The molecule has 0 aromatic carbocycles. The molecule has 9 heavy (non-hydrogen) atoms. The highest BCUT2D eigenvalue weighted by molar-refractivity contribution is 7.03. The minimum atomic E-state index is 0.424. The van der Waals surface area contributed by atoms with Crippen LogP contribution in [0, 0.1) is 0 Å². The maximum atomic E-state index is 9.74. The number of amides is 1. The Hall–Kier alpha value is -0.970. The third-order valence-corrected chi connectivity index (χ3v) is 1.27. The molecule has 0 spiro atoms. The van der Waals surface area contributed by atoms with Gasteiger partial charge in [0.2, 0.25) is 6.41 Å². The van der Waals surface area contributed by atoms with Gasteiger partial charge in [-0.05, 0) is 11.5 Å². The van der Waals surface area contributed by atoms with Gasteiger partial charge >= 0.3 is 0 Å². The molecule has 1 aromatic rings. The van der Waals surface area contributed by atoms with Crippen molar-refractivity contribution in [2.24, 2.45) is 0 Å². The summed E-state index contributed by atoms with van der Waals surface area (Å²) in [4.78, 5) is 13.6. The van der Waals surface area contributed by atoms with Crippen LogP contribution in [0.3, 0.4) is 0 Å². The molecular formula is C4H5N3OS. The lowest BCUT2D eigenvalue weighted by molar-refractivity contribution is -0.109. The first-order valence-electron chi connectivity index (χ1n) is 2.36. The largest absolute Gasteiger partial charge is 0.351 e. The van der Waals surface area contributed by atoms with Gasteiger partial charge in [0.05, 0.1) is 6.54 Å². The summed E-state index contributed by atoms with van der Waals surface area (Å²) in [5.41, 5.74) is 1.63. The minimum Gasteiger partial charge on any atom is -0.351 e. The van der Waals surface area contributed by atoms with Crippen molar-refractivity contribution >= 4 is 17.9 Å². The van der Waals surface area contributed by atoms with E-state index in [1.807, 2.05) is 0 Å². The van der Waals surface area contributed by atoms with E-state index in [0.29, 0.717) is 18.8 Å². The number of nitrogens with one attached hydrogen (secondary N) is 1. The molecular weight excluding hydrogens is 138 g/mol. The Balaban J connectivity index is 2.38. The van der Waals surface area contributed by atoms with Crippen LogP contribution in [-0.4, -0.2) is 15.8 Å². The van der Waals surface area contributed by atoms with Crippen molar-refractivity contribution in [1.82, 2.24) is 14.7 Å². The highest BCUT2D eigenvalue weighted by atomic mass is 32.1. The van der Waals surface area contributed by atoms with Crippen molar-refractivity contribution in [2.75, 3.05) is 0 Å².